The smallest absolute Gasteiger partial charge is 0.320 e. The van der Waals surface area contributed by atoms with Gasteiger partial charge in [0, 0.05) is 26.2 Å². The Bertz CT molecular complexity index is 753. The van der Waals surface area contributed by atoms with Crippen molar-refractivity contribution in [3.05, 3.63) is 30.6 Å². The monoisotopic (exact) mass is 343 g/mol. The van der Waals surface area contributed by atoms with E-state index in [4.69, 9.17) is 0 Å². The predicted molar refractivity (Wildman–Crippen MR) is 96.7 cm³/mol. The minimum absolute atomic E-state index is 0.0237. The number of para-hydroxylation sites is 2. The van der Waals surface area contributed by atoms with E-state index in [9.17, 15) is 9.59 Å². The van der Waals surface area contributed by atoms with Crippen LogP contribution in [0.1, 0.15) is 26.7 Å². The van der Waals surface area contributed by atoms with Crippen LogP contribution in [0.3, 0.4) is 0 Å². The van der Waals surface area contributed by atoms with Crippen molar-refractivity contribution in [1.82, 2.24) is 19.5 Å². The van der Waals surface area contributed by atoms with Crippen molar-refractivity contribution in [3.63, 3.8) is 0 Å². The summed E-state index contributed by atoms with van der Waals surface area (Å²) >= 11 is 0. The van der Waals surface area contributed by atoms with E-state index in [0.717, 1.165) is 23.9 Å². The lowest BCUT2D eigenvalue weighted by molar-refractivity contribution is -0.122. The van der Waals surface area contributed by atoms with E-state index in [-0.39, 0.29) is 17.9 Å². The second kappa shape index (κ2) is 7.55. The van der Waals surface area contributed by atoms with Gasteiger partial charge in [-0.25, -0.2) is 14.5 Å². The van der Waals surface area contributed by atoms with Crippen LogP contribution in [0.5, 0.6) is 0 Å². The van der Waals surface area contributed by atoms with Gasteiger partial charge in [-0.1, -0.05) is 12.1 Å². The summed E-state index contributed by atoms with van der Waals surface area (Å²) in [5.41, 5.74) is 4.62. The molecule has 3 amide bonds. The van der Waals surface area contributed by atoms with Crippen molar-refractivity contribution in [2.75, 3.05) is 31.6 Å². The molecule has 1 saturated heterocycles. The van der Waals surface area contributed by atoms with Gasteiger partial charge in [-0.15, -0.1) is 0 Å². The van der Waals surface area contributed by atoms with Crippen LogP contribution in [0.4, 0.5) is 4.79 Å². The Hall–Kier alpha value is -2.57. The van der Waals surface area contributed by atoms with E-state index in [2.05, 4.69) is 10.4 Å². The highest BCUT2D eigenvalue weighted by molar-refractivity contribution is 5.89. The first-order chi connectivity index (χ1) is 12.1. The topological polar surface area (TPSA) is 70.5 Å². The lowest BCUT2D eigenvalue weighted by Crippen LogP contribution is -2.49. The molecular formula is C18H25N5O2. The molecule has 1 aromatic carbocycles. The van der Waals surface area contributed by atoms with Gasteiger partial charge < -0.3 is 9.80 Å². The lowest BCUT2D eigenvalue weighted by atomic mass is 9.97. The highest BCUT2D eigenvalue weighted by Gasteiger charge is 2.30. The van der Waals surface area contributed by atoms with Gasteiger partial charge in [-0.2, -0.15) is 0 Å². The average molecular weight is 343 g/mol. The molecule has 0 aliphatic carbocycles. The van der Waals surface area contributed by atoms with Gasteiger partial charge in [0.2, 0.25) is 5.91 Å². The normalized spacial score (nSPS) is 17.5. The molecule has 2 heterocycles. The molecule has 3 rings (SSSR count). The Morgan fingerprint density at radius 2 is 2.04 bits per heavy atom. The molecule has 0 spiro atoms. The third kappa shape index (κ3) is 3.60. The number of amides is 3. The maximum atomic E-state index is 12.7. The largest absolute Gasteiger partial charge is 0.325 e. The second-order valence-electron chi connectivity index (χ2n) is 6.32. The maximum absolute atomic E-state index is 12.7. The lowest BCUT2D eigenvalue weighted by Gasteiger charge is -2.35. The molecule has 25 heavy (non-hydrogen) atoms. The number of nitrogens with one attached hydrogen (secondary N) is 1. The maximum Gasteiger partial charge on any atom is 0.320 e. The Labute approximate surface area is 147 Å². The summed E-state index contributed by atoms with van der Waals surface area (Å²) in [5.74, 6) is -0.269. The van der Waals surface area contributed by atoms with Crippen LogP contribution in [0.25, 0.3) is 11.0 Å². The van der Waals surface area contributed by atoms with Crippen LogP contribution >= 0.6 is 0 Å². The van der Waals surface area contributed by atoms with E-state index in [1.165, 1.54) is 0 Å². The van der Waals surface area contributed by atoms with Crippen LogP contribution in [0.15, 0.2) is 30.6 Å². The quantitative estimate of drug-likeness (QED) is 0.926. The first-order valence-corrected chi connectivity index (χ1v) is 8.90. The molecule has 0 radical (unpaired) electrons. The SMILES string of the molecule is CCN(CC)C(=O)N1CCC[C@H](C(=O)Nn2cnc3ccccc32)C1. The molecule has 1 N–H and O–H groups in total. The van der Waals surface area contributed by atoms with Crippen molar-refractivity contribution >= 4 is 23.0 Å². The zero-order valence-electron chi connectivity index (χ0n) is 14.8. The summed E-state index contributed by atoms with van der Waals surface area (Å²) < 4.78 is 1.66. The van der Waals surface area contributed by atoms with E-state index < -0.39 is 0 Å². The number of hydrogen-bond acceptors (Lipinski definition) is 3. The number of likely N-dealkylation sites (tertiary alicyclic amines) is 1. The number of benzene rings is 1. The number of fused-ring (bicyclic) bond motifs is 1. The van der Waals surface area contributed by atoms with Gasteiger partial charge in [-0.05, 0) is 38.8 Å². The molecule has 1 atom stereocenters. The minimum Gasteiger partial charge on any atom is -0.325 e. The van der Waals surface area contributed by atoms with Crippen LogP contribution in [-0.4, -0.2) is 57.6 Å². The predicted octanol–water partition coefficient (Wildman–Crippen LogP) is 2.28. The number of piperidine rings is 1. The van der Waals surface area contributed by atoms with Gasteiger partial charge in [0.15, 0.2) is 0 Å². The van der Waals surface area contributed by atoms with Crippen LogP contribution in [0, 0.1) is 5.92 Å². The fourth-order valence-electron chi connectivity index (χ4n) is 3.32. The van der Waals surface area contributed by atoms with Gasteiger partial charge in [0.1, 0.15) is 6.33 Å². The molecule has 7 nitrogen and oxygen atoms in total. The third-order valence-corrected chi connectivity index (χ3v) is 4.78. The molecule has 2 aromatic rings. The van der Waals surface area contributed by atoms with Crippen molar-refractivity contribution in [3.8, 4) is 0 Å². The van der Waals surface area contributed by atoms with Crippen molar-refractivity contribution < 1.29 is 9.59 Å². The first-order valence-electron chi connectivity index (χ1n) is 8.90. The summed E-state index contributed by atoms with van der Waals surface area (Å²) in [6.45, 7) is 6.49. The summed E-state index contributed by atoms with van der Waals surface area (Å²) in [6.07, 6.45) is 3.25. The molecule has 7 heteroatoms. The van der Waals surface area contributed by atoms with E-state index in [1.54, 1.807) is 20.8 Å². The first kappa shape index (κ1) is 17.3. The van der Waals surface area contributed by atoms with Crippen LogP contribution in [-0.2, 0) is 4.79 Å². The summed E-state index contributed by atoms with van der Waals surface area (Å²) in [7, 11) is 0. The van der Waals surface area contributed by atoms with Gasteiger partial charge >= 0.3 is 6.03 Å². The summed E-state index contributed by atoms with van der Waals surface area (Å²) in [6, 6.07) is 7.68. The molecule has 0 unspecified atom stereocenters. The standard InChI is InChI=1S/C18H25N5O2/c1-3-21(4-2)18(25)22-11-7-8-14(12-22)17(24)20-23-13-19-15-9-5-6-10-16(15)23/h5-6,9-10,13-14H,3-4,7-8,11-12H2,1-2H3,(H,20,24)/t14-/m0/s1. The zero-order chi connectivity index (χ0) is 17.8. The highest BCUT2D eigenvalue weighted by Crippen LogP contribution is 2.19. The number of carbonyl (C=O) groups excluding carboxylic acids is 2. The summed E-state index contributed by atoms with van der Waals surface area (Å²) in [5, 5.41) is 0. The number of nitrogens with zero attached hydrogens (tertiary/aromatic N) is 4. The van der Waals surface area contributed by atoms with Gasteiger partial charge in [-0.3, -0.25) is 10.2 Å². The van der Waals surface area contributed by atoms with Crippen LogP contribution < -0.4 is 5.43 Å². The average Bonchev–Trinajstić information content (AvgIpc) is 3.06. The molecule has 1 aromatic heterocycles. The van der Waals surface area contributed by atoms with E-state index in [0.29, 0.717) is 26.2 Å². The Kier molecular flexibility index (Phi) is 5.21. The third-order valence-electron chi connectivity index (χ3n) is 4.78. The molecule has 1 aliphatic heterocycles. The Morgan fingerprint density at radius 1 is 1.28 bits per heavy atom. The van der Waals surface area contributed by atoms with Crippen molar-refractivity contribution in [2.24, 2.45) is 5.92 Å². The fraction of sp³-hybridized carbons (Fsp3) is 0.500. The molecule has 134 valence electrons. The number of imidazole rings is 1. The van der Waals surface area contributed by atoms with Crippen molar-refractivity contribution in [2.45, 2.75) is 26.7 Å². The minimum atomic E-state index is -0.200. The Balaban J connectivity index is 1.67. The van der Waals surface area contributed by atoms with E-state index >= 15 is 0 Å². The number of rotatable bonds is 4. The number of hydrogen-bond donors (Lipinski definition) is 1. The molecule has 1 fully saturated rings. The molecule has 0 bridgehead atoms. The second-order valence-corrected chi connectivity index (χ2v) is 6.32. The molecule has 1 aliphatic rings. The van der Waals surface area contributed by atoms with E-state index in [1.807, 2.05) is 38.1 Å². The summed E-state index contributed by atoms with van der Waals surface area (Å²) in [4.78, 5) is 33.1. The number of urea groups is 1. The molecule has 0 saturated carbocycles. The van der Waals surface area contributed by atoms with Gasteiger partial charge in [0.05, 0.1) is 17.0 Å². The Morgan fingerprint density at radius 3 is 2.80 bits per heavy atom. The van der Waals surface area contributed by atoms with Gasteiger partial charge in [0.25, 0.3) is 0 Å². The number of carbonyl (C=O) groups is 2. The van der Waals surface area contributed by atoms with Crippen molar-refractivity contribution in [1.29, 1.82) is 0 Å². The van der Waals surface area contributed by atoms with Crippen LogP contribution in [0.2, 0.25) is 0 Å². The highest BCUT2D eigenvalue weighted by atomic mass is 16.2. The number of aromatic nitrogens is 2. The molecular weight excluding hydrogens is 318 g/mol. The zero-order valence-corrected chi connectivity index (χ0v) is 14.8. The fourth-order valence-corrected chi connectivity index (χ4v) is 3.32.